The Morgan fingerprint density at radius 3 is 1.90 bits per heavy atom. The van der Waals surface area contributed by atoms with Crippen molar-refractivity contribution in [2.75, 3.05) is 6.54 Å². The summed E-state index contributed by atoms with van der Waals surface area (Å²) in [5.41, 5.74) is 6.63. The van der Waals surface area contributed by atoms with Crippen LogP contribution in [0.15, 0.2) is 64.8 Å². The Hall–Kier alpha value is -4.87. The predicted molar refractivity (Wildman–Crippen MR) is 241 cm³/mol. The van der Waals surface area contributed by atoms with Gasteiger partial charge in [0.05, 0.1) is 30.9 Å². The number of hydrogen-bond donors (Lipinski definition) is 4. The molecule has 4 aliphatic heterocycles. The summed E-state index contributed by atoms with van der Waals surface area (Å²) in [6, 6.07) is 3.83. The van der Waals surface area contributed by atoms with Gasteiger partial charge in [0.1, 0.15) is 34.5 Å². The van der Waals surface area contributed by atoms with E-state index < -0.39 is 41.3 Å². The predicted octanol–water partition coefficient (Wildman–Crippen LogP) is 9.29. The standard InChI is InChI=1S/C51H68N2O9/c1-31(2)14-9-16-33(5)18-11-23-50(7)43(55)26-35-21-22-36-39(45(35)61-50)29-52(47(36)57)25-13-20-41(49(59)60)53-30-40-37(48(53)58)27-42(54)38-28-44(56)51(8,62-46(38)40)24-12-19-34(6)17-10-15-32(3)4/h14-15,18-19,21-22,27,41,43-44,54-56H,9-13,16-17,20,23-26,28-30H2,1-8H3,(H,59,60)/b33-18+,34-19+/t41-,43-,44-,50-,51-/m1/s1. The van der Waals surface area contributed by atoms with Crippen molar-refractivity contribution < 1.29 is 44.3 Å². The number of aliphatic hydroxyl groups is 2. The first-order valence-corrected chi connectivity index (χ1v) is 22.5. The molecule has 2 aromatic carbocycles. The molecule has 2 aromatic rings. The number of ether oxygens (including phenoxy) is 2. The van der Waals surface area contributed by atoms with Crippen LogP contribution in [-0.4, -0.2) is 84.0 Å². The van der Waals surface area contributed by atoms with Gasteiger partial charge in [0.25, 0.3) is 11.8 Å². The Kier molecular flexibility index (Phi) is 14.5. The number of hydrogen-bond acceptors (Lipinski definition) is 8. The molecule has 6 rings (SSSR count). The molecule has 0 saturated heterocycles. The molecule has 0 fully saturated rings. The van der Waals surface area contributed by atoms with Gasteiger partial charge in [-0.25, -0.2) is 4.79 Å². The van der Waals surface area contributed by atoms with Crippen molar-refractivity contribution in [3.63, 3.8) is 0 Å². The number of aromatic hydroxyl groups is 1. The van der Waals surface area contributed by atoms with E-state index in [9.17, 15) is 34.8 Å². The molecule has 4 heterocycles. The summed E-state index contributed by atoms with van der Waals surface area (Å²) >= 11 is 0. The summed E-state index contributed by atoms with van der Waals surface area (Å²) in [6.45, 7) is 16.9. The van der Waals surface area contributed by atoms with E-state index in [1.54, 1.807) is 11.0 Å². The molecule has 5 atom stereocenters. The lowest BCUT2D eigenvalue weighted by Crippen LogP contribution is -2.49. The quantitative estimate of drug-likeness (QED) is 0.107. The van der Waals surface area contributed by atoms with Crippen molar-refractivity contribution in [3.05, 3.63) is 98.2 Å². The zero-order chi connectivity index (χ0) is 45.1. The Balaban J connectivity index is 1.09. The fourth-order valence-electron chi connectivity index (χ4n) is 9.33. The topological polar surface area (TPSA) is 157 Å². The van der Waals surface area contributed by atoms with Gasteiger partial charge in [-0.1, -0.05) is 52.7 Å². The average molecular weight is 853 g/mol. The first kappa shape index (κ1) is 46.6. The van der Waals surface area contributed by atoms with Gasteiger partial charge in [-0.2, -0.15) is 0 Å². The van der Waals surface area contributed by atoms with Crippen molar-refractivity contribution in [1.29, 1.82) is 0 Å². The van der Waals surface area contributed by atoms with E-state index in [0.717, 1.165) is 43.2 Å². The highest BCUT2D eigenvalue weighted by Crippen LogP contribution is 2.47. The number of carbonyl (C=O) groups excluding carboxylic acids is 2. The number of aliphatic carboxylic acids is 1. The van der Waals surface area contributed by atoms with E-state index in [4.69, 9.17) is 9.47 Å². The number of allylic oxidation sites excluding steroid dienone is 8. The van der Waals surface area contributed by atoms with Crippen LogP contribution in [0.1, 0.15) is 163 Å². The zero-order valence-corrected chi connectivity index (χ0v) is 38.1. The van der Waals surface area contributed by atoms with Crippen molar-refractivity contribution in [3.8, 4) is 17.2 Å². The van der Waals surface area contributed by atoms with Crippen molar-refractivity contribution in [1.82, 2.24) is 9.80 Å². The minimum atomic E-state index is -1.18. The Bertz CT molecular complexity index is 2180. The minimum absolute atomic E-state index is 0.0171. The maximum absolute atomic E-state index is 13.9. The number of carbonyl (C=O) groups is 3. The summed E-state index contributed by atoms with van der Waals surface area (Å²) in [6.07, 6.45) is 14.7. The molecule has 0 saturated carbocycles. The largest absolute Gasteiger partial charge is 0.508 e. The number of phenols is 1. The zero-order valence-electron chi connectivity index (χ0n) is 38.1. The van der Waals surface area contributed by atoms with Gasteiger partial charge in [0.2, 0.25) is 0 Å². The monoisotopic (exact) mass is 852 g/mol. The Labute approximate surface area is 367 Å². The molecule has 0 radical (unpaired) electrons. The van der Waals surface area contributed by atoms with Gasteiger partial charge < -0.3 is 39.7 Å². The fraction of sp³-hybridized carbons (Fsp3) is 0.549. The van der Waals surface area contributed by atoms with Crippen LogP contribution in [0.25, 0.3) is 0 Å². The summed E-state index contributed by atoms with van der Waals surface area (Å²) in [5.74, 6) is -1.00. The van der Waals surface area contributed by atoms with Gasteiger partial charge in [0, 0.05) is 41.6 Å². The maximum Gasteiger partial charge on any atom is 0.326 e. The minimum Gasteiger partial charge on any atom is -0.508 e. The number of phenolic OH excluding ortho intramolecular Hbond substituents is 1. The van der Waals surface area contributed by atoms with Crippen LogP contribution in [0.3, 0.4) is 0 Å². The molecular weight excluding hydrogens is 785 g/mol. The molecule has 2 amide bonds. The molecule has 4 aliphatic rings. The molecule has 0 spiro atoms. The number of fused-ring (bicyclic) bond motifs is 6. The van der Waals surface area contributed by atoms with Crippen LogP contribution in [0.2, 0.25) is 0 Å². The van der Waals surface area contributed by atoms with Gasteiger partial charge in [0.15, 0.2) is 0 Å². The fourth-order valence-corrected chi connectivity index (χ4v) is 9.33. The summed E-state index contributed by atoms with van der Waals surface area (Å²) in [7, 11) is 0. The first-order valence-electron chi connectivity index (χ1n) is 22.5. The number of amides is 2. The Morgan fingerprint density at radius 1 is 0.758 bits per heavy atom. The number of rotatable bonds is 18. The lowest BCUT2D eigenvalue weighted by Gasteiger charge is -2.41. The van der Waals surface area contributed by atoms with Gasteiger partial charge in [-0.15, -0.1) is 0 Å². The van der Waals surface area contributed by atoms with E-state index in [-0.39, 0.29) is 43.2 Å². The number of carboxylic acids is 1. The normalized spacial score (nSPS) is 23.5. The van der Waals surface area contributed by atoms with E-state index in [1.807, 2.05) is 19.9 Å². The first-order chi connectivity index (χ1) is 29.3. The molecule has 0 aromatic heterocycles. The highest BCUT2D eigenvalue weighted by atomic mass is 16.5. The van der Waals surface area contributed by atoms with Gasteiger partial charge in [-0.3, -0.25) is 9.59 Å². The maximum atomic E-state index is 13.9. The van der Waals surface area contributed by atoms with Crippen molar-refractivity contribution >= 4 is 17.8 Å². The molecule has 0 aliphatic carbocycles. The lowest BCUT2D eigenvalue weighted by molar-refractivity contribution is -0.142. The smallest absolute Gasteiger partial charge is 0.326 e. The van der Waals surface area contributed by atoms with Crippen LogP contribution < -0.4 is 9.47 Å². The summed E-state index contributed by atoms with van der Waals surface area (Å²) in [4.78, 5) is 43.5. The van der Waals surface area contributed by atoms with Crippen molar-refractivity contribution in [2.24, 2.45) is 0 Å². The van der Waals surface area contributed by atoms with Crippen LogP contribution in [0.5, 0.6) is 17.2 Å². The summed E-state index contributed by atoms with van der Waals surface area (Å²) < 4.78 is 13.2. The SMILES string of the molecule is CC(C)=CCC/C(C)=C/CC[C@@]1(C)Oc2c(ccc3c2CN(CCC[C@H](C(=O)O)N2Cc4c(cc(O)c5c4O[C@](C)(CC/C=C(\C)CCC=C(C)C)[C@H](O)C5)C2=O)C3=O)C[C@H]1O. The molecule has 336 valence electrons. The molecule has 11 nitrogen and oxygen atoms in total. The van der Waals surface area contributed by atoms with Gasteiger partial charge >= 0.3 is 5.97 Å². The van der Waals surface area contributed by atoms with Crippen LogP contribution in [-0.2, 0) is 30.7 Å². The van der Waals surface area contributed by atoms with E-state index in [2.05, 4.69) is 65.8 Å². The van der Waals surface area contributed by atoms with Crippen LogP contribution in [0.4, 0.5) is 0 Å². The molecule has 62 heavy (non-hydrogen) atoms. The second kappa shape index (κ2) is 19.3. The third-order valence-electron chi connectivity index (χ3n) is 13.4. The average Bonchev–Trinajstić information content (AvgIpc) is 3.69. The third-order valence-corrected chi connectivity index (χ3v) is 13.4. The highest BCUT2D eigenvalue weighted by Gasteiger charge is 2.46. The molecular formula is C51H68N2O9. The molecule has 0 bridgehead atoms. The van der Waals surface area contributed by atoms with E-state index >= 15 is 0 Å². The molecule has 11 heteroatoms. The second-order valence-electron chi connectivity index (χ2n) is 19.1. The number of carboxylic acid groups (broad SMARTS) is 1. The second-order valence-corrected chi connectivity index (χ2v) is 19.1. The number of nitrogens with zero attached hydrogens (tertiary/aromatic N) is 2. The summed E-state index contributed by atoms with van der Waals surface area (Å²) in [5, 5.41) is 44.0. The van der Waals surface area contributed by atoms with Crippen LogP contribution in [0, 0.1) is 0 Å². The van der Waals surface area contributed by atoms with E-state index in [1.165, 1.54) is 33.3 Å². The van der Waals surface area contributed by atoms with E-state index in [0.29, 0.717) is 66.8 Å². The number of benzene rings is 2. The van der Waals surface area contributed by atoms with Gasteiger partial charge in [-0.05, 0) is 137 Å². The Morgan fingerprint density at radius 2 is 1.32 bits per heavy atom. The molecule has 0 unspecified atom stereocenters. The van der Waals surface area contributed by atoms with Crippen molar-refractivity contribution in [2.45, 2.75) is 175 Å². The highest BCUT2D eigenvalue weighted by molar-refractivity contribution is 6.02. The number of aliphatic hydroxyl groups excluding tert-OH is 2. The third kappa shape index (κ3) is 10.2. The van der Waals surface area contributed by atoms with Crippen LogP contribution >= 0.6 is 0 Å². The lowest BCUT2D eigenvalue weighted by atomic mass is 9.84. The molecule has 4 N–H and O–H groups in total.